The van der Waals surface area contributed by atoms with Gasteiger partial charge in [-0.05, 0) is 63.2 Å². The highest BCUT2D eigenvalue weighted by Crippen LogP contribution is 2.24. The van der Waals surface area contributed by atoms with Crippen molar-refractivity contribution in [2.75, 3.05) is 19.6 Å². The van der Waals surface area contributed by atoms with E-state index >= 15 is 0 Å². The summed E-state index contributed by atoms with van der Waals surface area (Å²) in [6.45, 7) is 9.48. The Labute approximate surface area is 134 Å². The van der Waals surface area contributed by atoms with Crippen molar-refractivity contribution in [1.29, 1.82) is 0 Å². The second kappa shape index (κ2) is 7.28. The molecular formula is C19H29NO2. The molecular weight excluding hydrogens is 274 g/mol. The summed E-state index contributed by atoms with van der Waals surface area (Å²) in [5.74, 6) is -0.143. The third kappa shape index (κ3) is 4.33. The number of nitrogens with zero attached hydrogens (tertiary/aromatic N) is 1. The Bertz CT molecular complexity index is 487. The Balaban J connectivity index is 1.91. The number of carbonyl (C=O) groups is 1. The summed E-state index contributed by atoms with van der Waals surface area (Å²) in [6.07, 6.45) is 5.12. The minimum Gasteiger partial charge on any atom is -0.481 e. The lowest BCUT2D eigenvalue weighted by molar-refractivity contribution is -0.142. The minimum absolute atomic E-state index is 0.636. The Morgan fingerprint density at radius 1 is 1.18 bits per heavy atom. The van der Waals surface area contributed by atoms with E-state index < -0.39 is 11.4 Å². The van der Waals surface area contributed by atoms with Gasteiger partial charge in [0.1, 0.15) is 0 Å². The number of carboxylic acids is 1. The summed E-state index contributed by atoms with van der Waals surface area (Å²) < 4.78 is 0. The molecule has 3 nitrogen and oxygen atoms in total. The van der Waals surface area contributed by atoms with E-state index in [0.717, 1.165) is 12.0 Å². The topological polar surface area (TPSA) is 40.5 Å². The Morgan fingerprint density at radius 2 is 1.77 bits per heavy atom. The molecule has 0 saturated carbocycles. The predicted octanol–water partition coefficient (Wildman–Crippen LogP) is 3.71. The monoisotopic (exact) mass is 303 g/mol. The van der Waals surface area contributed by atoms with E-state index in [-0.39, 0.29) is 0 Å². The maximum atomic E-state index is 11.3. The number of aliphatic carboxylic acids is 1. The summed E-state index contributed by atoms with van der Waals surface area (Å²) >= 11 is 0. The van der Waals surface area contributed by atoms with Crippen molar-refractivity contribution in [3.05, 3.63) is 35.4 Å². The number of benzene rings is 1. The molecule has 1 aliphatic rings. The normalized spacial score (nSPS) is 18.1. The largest absolute Gasteiger partial charge is 0.481 e. The van der Waals surface area contributed by atoms with E-state index in [1.54, 1.807) is 13.8 Å². The highest BCUT2D eigenvalue weighted by atomic mass is 16.4. The van der Waals surface area contributed by atoms with Gasteiger partial charge in [0.2, 0.25) is 0 Å². The molecule has 1 N–H and O–H groups in total. The Hall–Kier alpha value is -1.35. The van der Waals surface area contributed by atoms with Crippen molar-refractivity contribution >= 4 is 5.97 Å². The molecule has 3 heteroatoms. The van der Waals surface area contributed by atoms with Crippen molar-refractivity contribution in [2.24, 2.45) is 5.92 Å². The molecule has 1 saturated heterocycles. The zero-order valence-electron chi connectivity index (χ0n) is 14.1. The van der Waals surface area contributed by atoms with E-state index in [2.05, 4.69) is 24.0 Å². The highest BCUT2D eigenvalue weighted by Gasteiger charge is 2.29. The van der Waals surface area contributed by atoms with E-state index in [1.807, 2.05) is 12.1 Å². The molecule has 0 amide bonds. The fourth-order valence-corrected chi connectivity index (χ4v) is 3.23. The SMILES string of the molecule is CC(Cc1ccc(C(C)(C)C(=O)O)cc1)CN1CCCCC1. The first-order valence-corrected chi connectivity index (χ1v) is 8.45. The van der Waals surface area contributed by atoms with Crippen LogP contribution in [0.2, 0.25) is 0 Å². The zero-order chi connectivity index (χ0) is 16.2. The van der Waals surface area contributed by atoms with Crippen LogP contribution in [0.4, 0.5) is 0 Å². The molecule has 22 heavy (non-hydrogen) atoms. The number of piperidine rings is 1. The first-order valence-electron chi connectivity index (χ1n) is 8.45. The lowest BCUT2D eigenvalue weighted by Gasteiger charge is -2.29. The van der Waals surface area contributed by atoms with Crippen LogP contribution in [-0.4, -0.2) is 35.6 Å². The van der Waals surface area contributed by atoms with Crippen LogP contribution >= 0.6 is 0 Å². The van der Waals surface area contributed by atoms with Crippen LogP contribution in [0.15, 0.2) is 24.3 Å². The van der Waals surface area contributed by atoms with E-state index in [4.69, 9.17) is 0 Å². The van der Waals surface area contributed by atoms with Crippen LogP contribution < -0.4 is 0 Å². The van der Waals surface area contributed by atoms with Gasteiger partial charge in [-0.15, -0.1) is 0 Å². The molecule has 0 bridgehead atoms. The number of hydrogen-bond donors (Lipinski definition) is 1. The standard InChI is InChI=1S/C19H29NO2/c1-15(14-20-11-5-4-6-12-20)13-16-7-9-17(10-8-16)19(2,3)18(21)22/h7-10,15H,4-6,11-14H2,1-3H3,(H,21,22). The quantitative estimate of drug-likeness (QED) is 0.871. The van der Waals surface area contributed by atoms with Gasteiger partial charge in [0.25, 0.3) is 0 Å². The molecule has 1 aliphatic heterocycles. The molecule has 0 spiro atoms. The van der Waals surface area contributed by atoms with Gasteiger partial charge in [-0.3, -0.25) is 4.79 Å². The van der Waals surface area contributed by atoms with E-state index in [0.29, 0.717) is 5.92 Å². The molecule has 1 heterocycles. The second-order valence-electron chi connectivity index (χ2n) is 7.30. The number of hydrogen-bond acceptors (Lipinski definition) is 2. The van der Waals surface area contributed by atoms with E-state index in [9.17, 15) is 9.90 Å². The van der Waals surface area contributed by atoms with Crippen molar-refractivity contribution in [3.8, 4) is 0 Å². The third-order valence-electron chi connectivity index (χ3n) is 4.81. The summed E-state index contributed by atoms with van der Waals surface area (Å²) in [6, 6.07) is 8.12. The smallest absolute Gasteiger partial charge is 0.313 e. The van der Waals surface area contributed by atoms with Crippen molar-refractivity contribution in [1.82, 2.24) is 4.90 Å². The molecule has 1 unspecified atom stereocenters. The van der Waals surface area contributed by atoms with Crippen LogP contribution in [0.1, 0.15) is 51.2 Å². The lowest BCUT2D eigenvalue weighted by Crippen LogP contribution is -2.34. The second-order valence-corrected chi connectivity index (χ2v) is 7.30. The van der Waals surface area contributed by atoms with Gasteiger partial charge in [-0.2, -0.15) is 0 Å². The third-order valence-corrected chi connectivity index (χ3v) is 4.81. The van der Waals surface area contributed by atoms with Crippen molar-refractivity contribution in [3.63, 3.8) is 0 Å². The molecule has 2 rings (SSSR count). The van der Waals surface area contributed by atoms with Gasteiger partial charge in [0, 0.05) is 6.54 Å². The summed E-state index contributed by atoms with van der Waals surface area (Å²) in [5, 5.41) is 9.29. The van der Waals surface area contributed by atoms with Crippen LogP contribution in [0.25, 0.3) is 0 Å². The van der Waals surface area contributed by atoms with Gasteiger partial charge in [0.15, 0.2) is 0 Å². The fourth-order valence-electron chi connectivity index (χ4n) is 3.23. The van der Waals surface area contributed by atoms with Gasteiger partial charge in [0.05, 0.1) is 5.41 Å². The van der Waals surface area contributed by atoms with Crippen molar-refractivity contribution < 1.29 is 9.90 Å². The lowest BCUT2D eigenvalue weighted by atomic mass is 9.84. The minimum atomic E-state index is -0.821. The van der Waals surface area contributed by atoms with Gasteiger partial charge in [-0.25, -0.2) is 0 Å². The van der Waals surface area contributed by atoms with Crippen LogP contribution in [0, 0.1) is 5.92 Å². The molecule has 1 atom stereocenters. The molecule has 1 fully saturated rings. The fraction of sp³-hybridized carbons (Fsp3) is 0.632. The van der Waals surface area contributed by atoms with Crippen molar-refractivity contribution in [2.45, 2.75) is 51.9 Å². The molecule has 1 aromatic rings. The maximum absolute atomic E-state index is 11.3. The van der Waals surface area contributed by atoms with Crippen LogP contribution in [0.5, 0.6) is 0 Å². The predicted molar refractivity (Wildman–Crippen MR) is 90.3 cm³/mol. The highest BCUT2D eigenvalue weighted by molar-refractivity contribution is 5.80. The summed E-state index contributed by atoms with van der Waals surface area (Å²) in [4.78, 5) is 13.9. The Kier molecular flexibility index (Phi) is 5.63. The average molecular weight is 303 g/mol. The summed E-state index contributed by atoms with van der Waals surface area (Å²) in [7, 11) is 0. The van der Waals surface area contributed by atoms with Crippen LogP contribution in [0.3, 0.4) is 0 Å². The molecule has 0 aromatic heterocycles. The Morgan fingerprint density at radius 3 is 2.32 bits per heavy atom. The summed E-state index contributed by atoms with van der Waals surface area (Å²) in [5.41, 5.74) is 1.35. The van der Waals surface area contributed by atoms with Crippen LogP contribution in [-0.2, 0) is 16.6 Å². The zero-order valence-corrected chi connectivity index (χ0v) is 14.1. The molecule has 1 aromatic carbocycles. The molecule has 0 aliphatic carbocycles. The first kappa shape index (κ1) is 17.0. The molecule has 0 radical (unpaired) electrons. The van der Waals surface area contributed by atoms with Gasteiger partial charge < -0.3 is 10.0 Å². The molecule has 122 valence electrons. The number of rotatable bonds is 6. The average Bonchev–Trinajstić information content (AvgIpc) is 2.48. The van der Waals surface area contributed by atoms with Gasteiger partial charge in [-0.1, -0.05) is 37.6 Å². The number of likely N-dealkylation sites (tertiary alicyclic amines) is 1. The number of carboxylic acid groups (broad SMARTS) is 1. The maximum Gasteiger partial charge on any atom is 0.313 e. The first-order chi connectivity index (χ1) is 10.4. The van der Waals surface area contributed by atoms with Gasteiger partial charge >= 0.3 is 5.97 Å². The van der Waals surface area contributed by atoms with E-state index in [1.165, 1.54) is 44.5 Å².